The van der Waals surface area contributed by atoms with Crippen molar-refractivity contribution in [2.45, 2.75) is 26.3 Å². The lowest BCUT2D eigenvalue weighted by Gasteiger charge is -2.32. The van der Waals surface area contributed by atoms with Gasteiger partial charge in [-0.2, -0.15) is 5.10 Å². The number of aromatic nitrogens is 3. The van der Waals surface area contributed by atoms with Crippen molar-refractivity contribution in [1.82, 2.24) is 20.1 Å². The quantitative estimate of drug-likeness (QED) is 0.165. The average Bonchev–Trinajstić information content (AvgIpc) is 3.71. The molecule has 240 valence electrons. The number of amides is 3. The molecule has 0 unspecified atom stereocenters. The first-order chi connectivity index (χ1) is 22.5. The van der Waals surface area contributed by atoms with E-state index in [-0.39, 0.29) is 34.5 Å². The lowest BCUT2D eigenvalue weighted by Crippen LogP contribution is -2.41. The molecule has 2 aliphatic heterocycles. The Morgan fingerprint density at radius 1 is 1.02 bits per heavy atom. The van der Waals surface area contributed by atoms with E-state index in [2.05, 4.69) is 20.3 Å². The molecule has 3 aromatic carbocycles. The number of benzene rings is 3. The Morgan fingerprint density at radius 3 is 2.49 bits per heavy atom. The van der Waals surface area contributed by atoms with Gasteiger partial charge in [-0.3, -0.25) is 9.59 Å². The van der Waals surface area contributed by atoms with Gasteiger partial charge >= 0.3 is 6.03 Å². The molecule has 3 amide bonds. The predicted octanol–water partition coefficient (Wildman–Crippen LogP) is 5.08. The van der Waals surface area contributed by atoms with Gasteiger partial charge in [0.15, 0.2) is 11.6 Å². The summed E-state index contributed by atoms with van der Waals surface area (Å²) >= 11 is 0. The molecule has 5 aromatic rings. The molecule has 2 aliphatic rings. The summed E-state index contributed by atoms with van der Waals surface area (Å²) in [6.45, 7) is 7.29. The molecule has 0 atom stereocenters. The van der Waals surface area contributed by atoms with Gasteiger partial charge in [0.25, 0.3) is 5.91 Å². The Kier molecular flexibility index (Phi) is 7.20. The van der Waals surface area contributed by atoms with Crippen LogP contribution in [0.25, 0.3) is 16.6 Å². The normalized spacial score (nSPS) is 16.2. The summed E-state index contributed by atoms with van der Waals surface area (Å²) in [5, 5.41) is 7.84. The van der Waals surface area contributed by atoms with E-state index in [1.807, 2.05) is 13.0 Å². The van der Waals surface area contributed by atoms with Crippen molar-refractivity contribution in [1.29, 1.82) is 0 Å². The summed E-state index contributed by atoms with van der Waals surface area (Å²) in [6.07, 6.45) is 1.40. The lowest BCUT2D eigenvalue weighted by molar-refractivity contribution is -0.121. The van der Waals surface area contributed by atoms with E-state index in [1.165, 1.54) is 16.9 Å². The second kappa shape index (κ2) is 11.3. The van der Waals surface area contributed by atoms with Gasteiger partial charge in [0.2, 0.25) is 5.78 Å². The molecule has 13 heteroatoms. The number of H-pyrrole nitrogens is 1. The van der Waals surface area contributed by atoms with Crippen LogP contribution in [-0.4, -0.2) is 64.3 Å². The number of ether oxygens (including phenoxy) is 2. The number of nitrogens with zero attached hydrogens (tertiary/aromatic N) is 4. The van der Waals surface area contributed by atoms with Crippen LogP contribution < -0.4 is 25.6 Å². The number of para-hydroxylation sites is 1. The number of morpholine rings is 1. The zero-order valence-corrected chi connectivity index (χ0v) is 26.0. The summed E-state index contributed by atoms with van der Waals surface area (Å²) in [7, 11) is 0. The third kappa shape index (κ3) is 5.23. The highest BCUT2D eigenvalue weighted by molar-refractivity contribution is 6.25. The fraction of sp³-hybridized carbons (Fsp3) is 0.235. The molecule has 0 spiro atoms. The van der Waals surface area contributed by atoms with Crippen molar-refractivity contribution in [2.75, 3.05) is 41.8 Å². The third-order valence-corrected chi connectivity index (χ3v) is 8.42. The number of halogens is 1. The molecule has 47 heavy (non-hydrogen) atoms. The van der Waals surface area contributed by atoms with E-state index in [9.17, 15) is 18.8 Å². The summed E-state index contributed by atoms with van der Waals surface area (Å²) in [4.78, 5) is 46.4. The van der Waals surface area contributed by atoms with Crippen LogP contribution in [0.4, 0.5) is 26.4 Å². The first-order valence-corrected chi connectivity index (χ1v) is 15.1. The number of ketones is 1. The number of rotatable bonds is 7. The summed E-state index contributed by atoms with van der Waals surface area (Å²) < 4.78 is 26.8. The highest BCUT2D eigenvalue weighted by atomic mass is 19.1. The number of aromatic amines is 1. The number of hydrogen-bond acceptors (Lipinski definition) is 8. The molecule has 0 saturated carbocycles. The number of carbonyl (C=O) groups excluding carboxylic acids is 3. The zero-order chi connectivity index (χ0) is 33.0. The summed E-state index contributed by atoms with van der Waals surface area (Å²) in [5.74, 6) is -0.525. The van der Waals surface area contributed by atoms with E-state index in [0.717, 1.165) is 10.3 Å². The largest absolute Gasteiger partial charge is 0.454 e. The number of hydrogen-bond donors (Lipinski definition) is 3. The van der Waals surface area contributed by atoms with E-state index < -0.39 is 17.4 Å². The van der Waals surface area contributed by atoms with Crippen LogP contribution >= 0.6 is 0 Å². The van der Waals surface area contributed by atoms with Crippen molar-refractivity contribution in [2.24, 2.45) is 0 Å². The predicted molar refractivity (Wildman–Crippen MR) is 174 cm³/mol. The van der Waals surface area contributed by atoms with Crippen LogP contribution in [0.2, 0.25) is 0 Å². The summed E-state index contributed by atoms with van der Waals surface area (Å²) in [6, 6.07) is 16.1. The molecule has 12 nitrogen and oxygen atoms in total. The van der Waals surface area contributed by atoms with E-state index >= 15 is 0 Å². The van der Waals surface area contributed by atoms with Crippen molar-refractivity contribution in [3.05, 3.63) is 89.5 Å². The molecule has 2 aromatic heterocycles. The Labute approximate surface area is 268 Å². The Morgan fingerprint density at radius 2 is 1.79 bits per heavy atom. The molecule has 4 N–H and O–H groups in total. The molecule has 7 rings (SSSR count). The standard InChI is InChI=1S/C34H32FN7O5/c1-19-14-21(8-9-28(19)47-29-7-5-4-6-23(29)35)42-31(36)22(18-37-42)30(43)25-15-20-16-26(40-10-12-46-13-11-40)27(17-24(20)38-25)41-32(44)34(2,3)39-33(41)45/h4-9,14-18,38H,10-13,36H2,1-3H3,(H,39,45). The van der Waals surface area contributed by atoms with Gasteiger partial charge in [-0.25, -0.2) is 18.8 Å². The second-order valence-corrected chi connectivity index (χ2v) is 12.1. The number of fused-ring (bicyclic) bond motifs is 1. The molecular weight excluding hydrogens is 605 g/mol. The SMILES string of the molecule is Cc1cc(-n2ncc(C(=O)c3cc4cc(N5CCOCC5)c(N5C(=O)NC(C)(C)C5=O)cc4[nH]3)c2N)ccc1Oc1ccccc1F. The molecular formula is C34H32FN7O5. The maximum absolute atomic E-state index is 14.1. The van der Waals surface area contributed by atoms with Gasteiger partial charge in [0, 0.05) is 24.0 Å². The second-order valence-electron chi connectivity index (χ2n) is 12.1. The number of carbonyl (C=O) groups is 3. The Balaban J connectivity index is 1.21. The minimum Gasteiger partial charge on any atom is -0.454 e. The summed E-state index contributed by atoms with van der Waals surface area (Å²) in [5.41, 5.74) is 8.82. The van der Waals surface area contributed by atoms with Crippen LogP contribution in [0.5, 0.6) is 11.5 Å². The van der Waals surface area contributed by atoms with Gasteiger partial charge in [-0.15, -0.1) is 0 Å². The highest BCUT2D eigenvalue weighted by Crippen LogP contribution is 2.38. The molecule has 0 radical (unpaired) electrons. The van der Waals surface area contributed by atoms with Crippen molar-refractivity contribution in [3.8, 4) is 17.2 Å². The number of nitrogen functional groups attached to an aromatic ring is 1. The molecule has 2 saturated heterocycles. The van der Waals surface area contributed by atoms with Crippen LogP contribution in [0.3, 0.4) is 0 Å². The van der Waals surface area contributed by atoms with Crippen LogP contribution in [-0.2, 0) is 9.53 Å². The third-order valence-electron chi connectivity index (χ3n) is 8.42. The first-order valence-electron chi connectivity index (χ1n) is 15.1. The number of aryl methyl sites for hydroxylation is 1. The number of urea groups is 1. The molecule has 4 heterocycles. The number of anilines is 3. The van der Waals surface area contributed by atoms with Crippen LogP contribution in [0.1, 0.15) is 35.5 Å². The van der Waals surface area contributed by atoms with Gasteiger partial charge in [0.1, 0.15) is 17.1 Å². The monoisotopic (exact) mass is 637 g/mol. The van der Waals surface area contributed by atoms with E-state index in [1.54, 1.807) is 62.4 Å². The maximum Gasteiger partial charge on any atom is 0.329 e. The minimum absolute atomic E-state index is 0.108. The number of nitrogens with one attached hydrogen (secondary N) is 2. The first kappa shape index (κ1) is 30.0. The van der Waals surface area contributed by atoms with E-state index in [0.29, 0.717) is 60.2 Å². The zero-order valence-electron chi connectivity index (χ0n) is 26.0. The Bertz CT molecular complexity index is 2080. The smallest absolute Gasteiger partial charge is 0.329 e. The number of nitrogens with two attached hydrogens (primary N) is 1. The number of imide groups is 1. The fourth-order valence-corrected chi connectivity index (χ4v) is 5.89. The lowest BCUT2D eigenvalue weighted by atomic mass is 10.1. The van der Waals surface area contributed by atoms with Gasteiger partial charge in [0.05, 0.1) is 47.7 Å². The molecule has 0 aliphatic carbocycles. The fourth-order valence-electron chi connectivity index (χ4n) is 5.89. The van der Waals surface area contributed by atoms with Crippen molar-refractivity contribution < 1.29 is 28.2 Å². The van der Waals surface area contributed by atoms with Crippen molar-refractivity contribution in [3.63, 3.8) is 0 Å². The highest BCUT2D eigenvalue weighted by Gasteiger charge is 2.46. The molecule has 2 fully saturated rings. The van der Waals surface area contributed by atoms with Gasteiger partial charge in [-0.05, 0) is 74.9 Å². The average molecular weight is 638 g/mol. The Hall–Kier alpha value is -5.69. The topological polar surface area (TPSA) is 148 Å². The van der Waals surface area contributed by atoms with E-state index in [4.69, 9.17) is 15.2 Å². The van der Waals surface area contributed by atoms with Crippen LogP contribution in [0, 0.1) is 12.7 Å². The van der Waals surface area contributed by atoms with Gasteiger partial charge < -0.3 is 30.4 Å². The van der Waals surface area contributed by atoms with Crippen LogP contribution in [0.15, 0.2) is 66.9 Å². The molecule has 0 bridgehead atoms. The van der Waals surface area contributed by atoms with Crippen molar-refractivity contribution >= 4 is 45.8 Å². The maximum atomic E-state index is 14.1. The van der Waals surface area contributed by atoms with Gasteiger partial charge in [-0.1, -0.05) is 12.1 Å². The minimum atomic E-state index is -1.06.